The third-order valence-electron chi connectivity index (χ3n) is 3.17. The maximum atomic E-state index is 12.3. The molecule has 0 radical (unpaired) electrons. The third-order valence-corrected chi connectivity index (χ3v) is 3.17. The normalized spacial score (nSPS) is 10.5. The fraction of sp³-hybridized carbons (Fsp3) is 0.312. The summed E-state index contributed by atoms with van der Waals surface area (Å²) in [6.45, 7) is 3.06. The molecule has 1 amide bonds. The molecule has 1 N–H and O–H groups in total. The molecular weight excluding hydrogens is 252 g/mol. The topological polar surface area (TPSA) is 45.5 Å². The lowest BCUT2D eigenvalue weighted by atomic mass is 10.1. The highest BCUT2D eigenvalue weighted by molar-refractivity contribution is 5.94. The molecule has 2 rings (SSSR count). The minimum Gasteiger partial charge on any atom is -0.395 e. The van der Waals surface area contributed by atoms with Gasteiger partial charge in [-0.05, 0) is 42.8 Å². The van der Waals surface area contributed by atoms with Gasteiger partial charge < -0.3 is 14.6 Å². The number of rotatable bonds is 6. The van der Waals surface area contributed by atoms with E-state index >= 15 is 0 Å². The highest BCUT2D eigenvalue weighted by Crippen LogP contribution is 2.12. The van der Waals surface area contributed by atoms with Crippen LogP contribution in [0.15, 0.2) is 48.8 Å². The van der Waals surface area contributed by atoms with Crippen molar-refractivity contribution < 1.29 is 9.90 Å². The highest BCUT2D eigenvalue weighted by Gasteiger charge is 2.14. The van der Waals surface area contributed by atoms with Gasteiger partial charge in [0.2, 0.25) is 0 Å². The van der Waals surface area contributed by atoms with Gasteiger partial charge in [0, 0.05) is 36.7 Å². The molecule has 4 heteroatoms. The molecule has 0 fully saturated rings. The van der Waals surface area contributed by atoms with Crippen LogP contribution in [0, 0.1) is 0 Å². The van der Waals surface area contributed by atoms with Crippen molar-refractivity contribution in [3.8, 4) is 5.69 Å². The van der Waals surface area contributed by atoms with Gasteiger partial charge in [0.1, 0.15) is 0 Å². The number of hydrogen-bond donors (Lipinski definition) is 1. The Labute approximate surface area is 119 Å². The van der Waals surface area contributed by atoms with E-state index in [-0.39, 0.29) is 12.5 Å². The molecule has 4 nitrogen and oxygen atoms in total. The van der Waals surface area contributed by atoms with E-state index in [9.17, 15) is 4.79 Å². The Morgan fingerprint density at radius 2 is 1.80 bits per heavy atom. The van der Waals surface area contributed by atoms with Crippen molar-refractivity contribution in [1.29, 1.82) is 0 Å². The van der Waals surface area contributed by atoms with Crippen molar-refractivity contribution in [3.05, 3.63) is 54.4 Å². The fourth-order valence-electron chi connectivity index (χ4n) is 2.17. The second-order valence-corrected chi connectivity index (χ2v) is 4.65. The second-order valence-electron chi connectivity index (χ2n) is 4.65. The number of benzene rings is 1. The molecule has 0 aliphatic heterocycles. The van der Waals surface area contributed by atoms with Crippen molar-refractivity contribution in [1.82, 2.24) is 9.47 Å². The van der Waals surface area contributed by atoms with Crippen LogP contribution in [0.3, 0.4) is 0 Å². The molecule has 1 aromatic carbocycles. The molecule has 0 saturated carbocycles. The monoisotopic (exact) mass is 272 g/mol. The standard InChI is InChI=1S/C16H20N2O2/c1-2-9-18(12-13-19)16(20)14-5-7-15(8-6-14)17-10-3-4-11-17/h3-8,10-11,19H,2,9,12-13H2,1H3. The van der Waals surface area contributed by atoms with Crippen LogP contribution in [0.5, 0.6) is 0 Å². The minimum atomic E-state index is -0.0278. The number of carbonyl (C=O) groups is 1. The Morgan fingerprint density at radius 1 is 1.15 bits per heavy atom. The molecule has 0 unspecified atom stereocenters. The largest absolute Gasteiger partial charge is 0.395 e. The zero-order valence-corrected chi connectivity index (χ0v) is 11.7. The van der Waals surface area contributed by atoms with Gasteiger partial charge in [0.25, 0.3) is 5.91 Å². The van der Waals surface area contributed by atoms with Crippen LogP contribution in [-0.4, -0.2) is 40.2 Å². The fourth-order valence-corrected chi connectivity index (χ4v) is 2.17. The van der Waals surface area contributed by atoms with Gasteiger partial charge in [-0.15, -0.1) is 0 Å². The van der Waals surface area contributed by atoms with Crippen LogP contribution >= 0.6 is 0 Å². The average Bonchev–Trinajstić information content (AvgIpc) is 3.01. The van der Waals surface area contributed by atoms with Crippen LogP contribution in [0.4, 0.5) is 0 Å². The summed E-state index contributed by atoms with van der Waals surface area (Å²) < 4.78 is 1.99. The summed E-state index contributed by atoms with van der Waals surface area (Å²) in [5.74, 6) is -0.0278. The Morgan fingerprint density at radius 3 is 2.35 bits per heavy atom. The van der Waals surface area contributed by atoms with E-state index in [1.54, 1.807) is 4.90 Å². The predicted molar refractivity (Wildman–Crippen MR) is 79.0 cm³/mol. The highest BCUT2D eigenvalue weighted by atomic mass is 16.3. The Bertz CT molecular complexity index is 526. The van der Waals surface area contributed by atoms with Gasteiger partial charge in [-0.1, -0.05) is 6.92 Å². The zero-order valence-electron chi connectivity index (χ0n) is 11.7. The van der Waals surface area contributed by atoms with Gasteiger partial charge in [-0.2, -0.15) is 0 Å². The van der Waals surface area contributed by atoms with E-state index in [4.69, 9.17) is 5.11 Å². The molecular formula is C16H20N2O2. The first-order valence-electron chi connectivity index (χ1n) is 6.89. The van der Waals surface area contributed by atoms with Crippen LogP contribution in [-0.2, 0) is 0 Å². The molecule has 0 atom stereocenters. The molecule has 106 valence electrons. The molecule has 0 spiro atoms. The molecule has 2 aromatic rings. The van der Waals surface area contributed by atoms with Crippen molar-refractivity contribution >= 4 is 5.91 Å². The first-order chi connectivity index (χ1) is 9.76. The average molecular weight is 272 g/mol. The number of carbonyl (C=O) groups excluding carboxylic acids is 1. The van der Waals surface area contributed by atoms with E-state index in [1.807, 2.05) is 60.3 Å². The summed E-state index contributed by atoms with van der Waals surface area (Å²) in [7, 11) is 0. The first-order valence-corrected chi connectivity index (χ1v) is 6.89. The summed E-state index contributed by atoms with van der Waals surface area (Å²) in [4.78, 5) is 14.0. The van der Waals surface area contributed by atoms with Crippen molar-refractivity contribution in [2.24, 2.45) is 0 Å². The summed E-state index contributed by atoms with van der Waals surface area (Å²) in [5.41, 5.74) is 1.68. The Hall–Kier alpha value is -2.07. The van der Waals surface area contributed by atoms with Crippen LogP contribution < -0.4 is 0 Å². The maximum absolute atomic E-state index is 12.3. The lowest BCUT2D eigenvalue weighted by Gasteiger charge is -2.21. The third kappa shape index (κ3) is 3.27. The van der Waals surface area contributed by atoms with Gasteiger partial charge in [0.15, 0.2) is 0 Å². The SMILES string of the molecule is CCCN(CCO)C(=O)c1ccc(-n2cccc2)cc1. The van der Waals surface area contributed by atoms with Gasteiger partial charge in [0.05, 0.1) is 6.61 Å². The number of aliphatic hydroxyl groups is 1. The number of amides is 1. The smallest absolute Gasteiger partial charge is 0.253 e. The molecule has 1 heterocycles. The van der Waals surface area contributed by atoms with Crippen molar-refractivity contribution in [3.63, 3.8) is 0 Å². The van der Waals surface area contributed by atoms with Gasteiger partial charge in [-0.25, -0.2) is 0 Å². The lowest BCUT2D eigenvalue weighted by molar-refractivity contribution is 0.0722. The van der Waals surface area contributed by atoms with E-state index < -0.39 is 0 Å². The minimum absolute atomic E-state index is 0.00676. The van der Waals surface area contributed by atoms with E-state index in [0.29, 0.717) is 18.7 Å². The van der Waals surface area contributed by atoms with Crippen molar-refractivity contribution in [2.75, 3.05) is 19.7 Å². The molecule has 0 aliphatic carbocycles. The molecule has 1 aromatic heterocycles. The quantitative estimate of drug-likeness (QED) is 0.877. The maximum Gasteiger partial charge on any atom is 0.253 e. The summed E-state index contributed by atoms with van der Waals surface area (Å²) in [6, 6.07) is 11.4. The van der Waals surface area contributed by atoms with E-state index in [1.165, 1.54) is 0 Å². The first kappa shape index (κ1) is 14.3. The summed E-state index contributed by atoms with van der Waals surface area (Å²) >= 11 is 0. The summed E-state index contributed by atoms with van der Waals surface area (Å²) in [5, 5.41) is 9.03. The number of hydrogen-bond acceptors (Lipinski definition) is 2. The Kier molecular flexibility index (Phi) is 4.96. The Balaban J connectivity index is 2.14. The molecule has 0 bridgehead atoms. The molecule has 0 aliphatic rings. The number of aliphatic hydroxyl groups excluding tert-OH is 1. The molecule has 20 heavy (non-hydrogen) atoms. The lowest BCUT2D eigenvalue weighted by Crippen LogP contribution is -2.34. The van der Waals surface area contributed by atoms with E-state index in [2.05, 4.69) is 0 Å². The zero-order chi connectivity index (χ0) is 14.4. The molecule has 0 saturated heterocycles. The van der Waals surface area contributed by atoms with Crippen LogP contribution in [0.1, 0.15) is 23.7 Å². The summed E-state index contributed by atoms with van der Waals surface area (Å²) in [6.07, 6.45) is 4.81. The van der Waals surface area contributed by atoms with E-state index in [0.717, 1.165) is 12.1 Å². The number of aromatic nitrogens is 1. The van der Waals surface area contributed by atoms with Crippen LogP contribution in [0.2, 0.25) is 0 Å². The number of nitrogens with zero attached hydrogens (tertiary/aromatic N) is 2. The second kappa shape index (κ2) is 6.91. The van der Waals surface area contributed by atoms with Gasteiger partial charge in [-0.3, -0.25) is 4.79 Å². The predicted octanol–water partition coefficient (Wildman–Crippen LogP) is 2.32. The van der Waals surface area contributed by atoms with Gasteiger partial charge >= 0.3 is 0 Å². The van der Waals surface area contributed by atoms with Crippen molar-refractivity contribution in [2.45, 2.75) is 13.3 Å². The van der Waals surface area contributed by atoms with Crippen LogP contribution in [0.25, 0.3) is 5.69 Å².